The highest BCUT2D eigenvalue weighted by atomic mass is 16.6. The maximum Gasteiger partial charge on any atom is 0.410 e. The molecule has 0 radical (unpaired) electrons. The third kappa shape index (κ3) is 4.52. The second kappa shape index (κ2) is 7.75. The van der Waals surface area contributed by atoms with E-state index in [1.54, 1.807) is 18.1 Å². The molecule has 0 unspecified atom stereocenters. The Morgan fingerprint density at radius 1 is 1.30 bits per heavy atom. The molecule has 2 heterocycles. The van der Waals surface area contributed by atoms with Gasteiger partial charge >= 0.3 is 6.09 Å². The van der Waals surface area contributed by atoms with Gasteiger partial charge in [-0.15, -0.1) is 0 Å². The molecule has 7 nitrogen and oxygen atoms in total. The van der Waals surface area contributed by atoms with Crippen molar-refractivity contribution >= 4 is 6.09 Å². The van der Waals surface area contributed by atoms with Gasteiger partial charge in [0.1, 0.15) is 17.4 Å². The summed E-state index contributed by atoms with van der Waals surface area (Å²) in [5, 5.41) is 9.13. The number of carbonyl (C=O) groups is 1. The Hall–Kier alpha value is -2.30. The molecule has 2 aliphatic rings. The van der Waals surface area contributed by atoms with E-state index < -0.39 is 5.60 Å². The van der Waals surface area contributed by atoms with E-state index in [2.05, 4.69) is 11.0 Å². The molecule has 1 aromatic carbocycles. The minimum Gasteiger partial charge on any atom is -0.495 e. The van der Waals surface area contributed by atoms with Gasteiger partial charge in [0.15, 0.2) is 0 Å². The van der Waals surface area contributed by atoms with Gasteiger partial charge in [-0.1, -0.05) is 6.07 Å². The highest BCUT2D eigenvalue weighted by Gasteiger charge is 2.36. The number of hydrogen-bond donors (Lipinski definition) is 0. The van der Waals surface area contributed by atoms with Gasteiger partial charge in [-0.3, -0.25) is 4.90 Å². The number of hydrogen-bond acceptors (Lipinski definition) is 6. The Morgan fingerprint density at radius 3 is 2.74 bits per heavy atom. The molecule has 0 aromatic heterocycles. The predicted molar refractivity (Wildman–Crippen MR) is 99.6 cm³/mol. The van der Waals surface area contributed by atoms with E-state index in [4.69, 9.17) is 19.5 Å². The van der Waals surface area contributed by atoms with Gasteiger partial charge in [0.2, 0.25) is 0 Å². The molecule has 0 N–H and O–H groups in total. The van der Waals surface area contributed by atoms with E-state index in [9.17, 15) is 4.79 Å². The molecule has 3 rings (SSSR count). The SMILES string of the molecule is COc1cc([C@@H]2CN3CCN(C(=O)OC(C)(C)C)C[C@@H]3CO2)ccc1C#N. The topological polar surface area (TPSA) is 75.0 Å². The molecule has 1 aromatic rings. The molecule has 2 fully saturated rings. The van der Waals surface area contributed by atoms with Crippen molar-refractivity contribution in [1.29, 1.82) is 5.26 Å². The van der Waals surface area contributed by atoms with Gasteiger partial charge in [0.25, 0.3) is 0 Å². The van der Waals surface area contributed by atoms with E-state index in [1.807, 2.05) is 32.9 Å². The highest BCUT2D eigenvalue weighted by Crippen LogP contribution is 2.30. The van der Waals surface area contributed by atoms with Crippen LogP contribution in [0.3, 0.4) is 0 Å². The van der Waals surface area contributed by atoms with Crippen LogP contribution in [0.15, 0.2) is 18.2 Å². The van der Waals surface area contributed by atoms with E-state index in [0.717, 1.165) is 18.7 Å². The first kappa shape index (κ1) is 19.5. The summed E-state index contributed by atoms with van der Waals surface area (Å²) in [6.07, 6.45) is -0.336. The number of carbonyl (C=O) groups excluding carboxylic acids is 1. The first-order valence-electron chi connectivity index (χ1n) is 9.22. The minimum absolute atomic E-state index is 0.0732. The van der Waals surface area contributed by atoms with E-state index in [1.165, 1.54) is 0 Å². The lowest BCUT2D eigenvalue weighted by molar-refractivity contribution is -0.0906. The lowest BCUT2D eigenvalue weighted by atomic mass is 10.0. The van der Waals surface area contributed by atoms with Crippen molar-refractivity contribution in [3.8, 4) is 11.8 Å². The van der Waals surface area contributed by atoms with Crippen LogP contribution in [0, 0.1) is 11.3 Å². The van der Waals surface area contributed by atoms with Crippen molar-refractivity contribution in [3.05, 3.63) is 29.3 Å². The molecule has 2 atom stereocenters. The van der Waals surface area contributed by atoms with Crippen molar-refractivity contribution in [1.82, 2.24) is 9.80 Å². The normalized spacial score (nSPS) is 23.3. The maximum atomic E-state index is 12.3. The van der Waals surface area contributed by atoms with Crippen LogP contribution in [0.2, 0.25) is 0 Å². The first-order chi connectivity index (χ1) is 12.8. The summed E-state index contributed by atoms with van der Waals surface area (Å²) in [5.41, 5.74) is 1.02. The molecule has 0 aliphatic carbocycles. The number of piperazine rings is 1. The second-order valence-corrected chi connectivity index (χ2v) is 7.97. The first-order valence-corrected chi connectivity index (χ1v) is 9.22. The summed E-state index contributed by atoms with van der Waals surface area (Å²) in [4.78, 5) is 16.4. The zero-order valence-electron chi connectivity index (χ0n) is 16.4. The zero-order chi connectivity index (χ0) is 19.6. The molecule has 1 amide bonds. The fourth-order valence-electron chi connectivity index (χ4n) is 3.48. The lowest BCUT2D eigenvalue weighted by Gasteiger charge is -2.46. The predicted octanol–water partition coefficient (Wildman–Crippen LogP) is 2.56. The van der Waals surface area contributed by atoms with Crippen LogP contribution in [0.5, 0.6) is 5.75 Å². The summed E-state index contributed by atoms with van der Waals surface area (Å²) in [6, 6.07) is 7.86. The zero-order valence-corrected chi connectivity index (χ0v) is 16.4. The maximum absolute atomic E-state index is 12.3. The Bertz CT molecular complexity index is 738. The van der Waals surface area contributed by atoms with Crippen LogP contribution >= 0.6 is 0 Å². The number of nitrogens with zero attached hydrogens (tertiary/aromatic N) is 3. The van der Waals surface area contributed by atoms with E-state index in [0.29, 0.717) is 31.0 Å². The second-order valence-electron chi connectivity index (χ2n) is 7.97. The van der Waals surface area contributed by atoms with Crippen molar-refractivity contribution in [3.63, 3.8) is 0 Å². The van der Waals surface area contributed by atoms with Crippen LogP contribution in [-0.2, 0) is 9.47 Å². The largest absolute Gasteiger partial charge is 0.495 e. The Morgan fingerprint density at radius 2 is 2.07 bits per heavy atom. The van der Waals surface area contributed by atoms with Crippen LogP contribution < -0.4 is 4.74 Å². The number of nitriles is 1. The van der Waals surface area contributed by atoms with Gasteiger partial charge in [0.05, 0.1) is 31.4 Å². The summed E-state index contributed by atoms with van der Waals surface area (Å²) >= 11 is 0. The van der Waals surface area contributed by atoms with Crippen molar-refractivity contribution in [2.45, 2.75) is 38.5 Å². The fraction of sp³-hybridized carbons (Fsp3) is 0.600. The number of amides is 1. The fourth-order valence-corrected chi connectivity index (χ4v) is 3.48. The third-order valence-corrected chi connectivity index (χ3v) is 4.86. The summed E-state index contributed by atoms with van der Waals surface area (Å²) in [6.45, 7) is 8.97. The molecule has 2 saturated heterocycles. The van der Waals surface area contributed by atoms with Crippen LogP contribution in [0.25, 0.3) is 0 Å². The Labute approximate surface area is 160 Å². The van der Waals surface area contributed by atoms with Gasteiger partial charge in [0, 0.05) is 26.2 Å². The summed E-state index contributed by atoms with van der Waals surface area (Å²) < 4.78 is 16.9. The van der Waals surface area contributed by atoms with Gasteiger partial charge < -0.3 is 19.1 Å². The average molecular weight is 373 g/mol. The van der Waals surface area contributed by atoms with Crippen LogP contribution in [0.1, 0.15) is 38.0 Å². The Kier molecular flexibility index (Phi) is 5.59. The number of methoxy groups -OCH3 is 1. The Balaban J connectivity index is 1.63. The molecule has 0 saturated carbocycles. The quantitative estimate of drug-likeness (QED) is 0.793. The van der Waals surface area contributed by atoms with Crippen molar-refractivity contribution < 1.29 is 19.0 Å². The molecule has 0 bridgehead atoms. The van der Waals surface area contributed by atoms with E-state index >= 15 is 0 Å². The molecule has 7 heteroatoms. The number of benzene rings is 1. The molecular weight excluding hydrogens is 346 g/mol. The standard InChI is InChI=1S/C20H27N3O4/c1-20(2,3)27-19(24)23-8-7-22-12-18(26-13-16(22)11-23)14-5-6-15(10-21)17(9-14)25-4/h5-6,9,16,18H,7-8,11-13H2,1-4H3/t16-,18+/m1/s1. The van der Waals surface area contributed by atoms with Gasteiger partial charge in [-0.25, -0.2) is 4.79 Å². The summed E-state index contributed by atoms with van der Waals surface area (Å²) in [5.74, 6) is 0.565. The minimum atomic E-state index is -0.489. The molecule has 27 heavy (non-hydrogen) atoms. The van der Waals surface area contributed by atoms with Gasteiger partial charge in [-0.05, 0) is 38.5 Å². The van der Waals surface area contributed by atoms with Crippen molar-refractivity contribution in [2.75, 3.05) is 39.9 Å². The monoisotopic (exact) mass is 373 g/mol. The molecule has 0 spiro atoms. The smallest absolute Gasteiger partial charge is 0.410 e. The van der Waals surface area contributed by atoms with Gasteiger partial charge in [-0.2, -0.15) is 5.26 Å². The third-order valence-electron chi connectivity index (χ3n) is 4.86. The van der Waals surface area contributed by atoms with Crippen LogP contribution in [0.4, 0.5) is 4.79 Å². The summed E-state index contributed by atoms with van der Waals surface area (Å²) in [7, 11) is 1.56. The number of morpholine rings is 1. The van der Waals surface area contributed by atoms with Crippen LogP contribution in [-0.4, -0.2) is 67.4 Å². The molecular formula is C20H27N3O4. The van der Waals surface area contributed by atoms with Crippen molar-refractivity contribution in [2.24, 2.45) is 0 Å². The molecule has 146 valence electrons. The number of fused-ring (bicyclic) bond motifs is 1. The highest BCUT2D eigenvalue weighted by molar-refractivity contribution is 5.68. The number of ether oxygens (including phenoxy) is 3. The number of rotatable bonds is 2. The molecule has 2 aliphatic heterocycles. The lowest BCUT2D eigenvalue weighted by Crippen LogP contribution is -2.59. The van der Waals surface area contributed by atoms with E-state index in [-0.39, 0.29) is 18.2 Å². The average Bonchev–Trinajstić information content (AvgIpc) is 2.65.